The number of nitrogens with one attached hydrogen (secondary N) is 1. The van der Waals surface area contributed by atoms with Crippen LogP contribution >= 0.6 is 11.7 Å². The Labute approximate surface area is 86.1 Å². The van der Waals surface area contributed by atoms with Crippen molar-refractivity contribution in [3.8, 4) is 0 Å². The maximum Gasteiger partial charge on any atom is 0.0974 e. The molecule has 0 aromatic carbocycles. The second kappa shape index (κ2) is 3.85. The smallest absolute Gasteiger partial charge is 0.0974 e. The van der Waals surface area contributed by atoms with Crippen LogP contribution in [-0.4, -0.2) is 25.6 Å². The van der Waals surface area contributed by atoms with Gasteiger partial charge in [-0.1, -0.05) is 0 Å². The molecular formula is C8H11N5S. The highest BCUT2D eigenvalue weighted by molar-refractivity contribution is 6.99. The fourth-order valence-electron chi connectivity index (χ4n) is 1.33. The molecule has 5 nitrogen and oxygen atoms in total. The monoisotopic (exact) mass is 209 g/mol. The molecule has 2 rings (SSSR count). The Balaban J connectivity index is 2.31. The number of hydrogen-bond acceptors (Lipinski definition) is 5. The molecule has 0 aliphatic rings. The van der Waals surface area contributed by atoms with E-state index in [2.05, 4.69) is 19.2 Å². The van der Waals surface area contributed by atoms with Crippen molar-refractivity contribution < 1.29 is 0 Å². The first kappa shape index (κ1) is 9.29. The van der Waals surface area contributed by atoms with Crippen molar-refractivity contribution in [2.45, 2.75) is 6.04 Å². The van der Waals surface area contributed by atoms with Crippen molar-refractivity contribution in [3.05, 3.63) is 29.8 Å². The van der Waals surface area contributed by atoms with Crippen LogP contribution in [0.3, 0.4) is 0 Å². The van der Waals surface area contributed by atoms with Gasteiger partial charge in [-0.3, -0.25) is 4.68 Å². The summed E-state index contributed by atoms with van der Waals surface area (Å²) in [6.07, 6.45) is 3.68. The molecule has 2 heterocycles. The lowest BCUT2D eigenvalue weighted by atomic mass is 10.1. The third-order valence-electron chi connectivity index (χ3n) is 1.99. The summed E-state index contributed by atoms with van der Waals surface area (Å²) in [7, 11) is 3.79. The number of aromatic nitrogens is 4. The molecule has 1 atom stereocenters. The van der Waals surface area contributed by atoms with Gasteiger partial charge in [0.2, 0.25) is 0 Å². The molecule has 2 aromatic heterocycles. The van der Waals surface area contributed by atoms with Gasteiger partial charge < -0.3 is 5.32 Å². The van der Waals surface area contributed by atoms with E-state index in [0.29, 0.717) is 0 Å². The van der Waals surface area contributed by atoms with Crippen LogP contribution in [0, 0.1) is 0 Å². The Morgan fingerprint density at radius 1 is 1.50 bits per heavy atom. The van der Waals surface area contributed by atoms with Gasteiger partial charge in [-0.2, -0.15) is 13.8 Å². The summed E-state index contributed by atoms with van der Waals surface area (Å²) in [5.74, 6) is 0. The van der Waals surface area contributed by atoms with E-state index in [9.17, 15) is 0 Å². The van der Waals surface area contributed by atoms with Crippen LogP contribution < -0.4 is 5.32 Å². The van der Waals surface area contributed by atoms with E-state index < -0.39 is 0 Å². The summed E-state index contributed by atoms with van der Waals surface area (Å²) >= 11 is 1.21. The Hall–Kier alpha value is -1.27. The largest absolute Gasteiger partial charge is 0.307 e. The van der Waals surface area contributed by atoms with Gasteiger partial charge in [0.05, 0.1) is 35.4 Å². The van der Waals surface area contributed by atoms with E-state index in [4.69, 9.17) is 0 Å². The van der Waals surface area contributed by atoms with Crippen LogP contribution in [0.15, 0.2) is 18.5 Å². The molecule has 0 saturated carbocycles. The predicted molar refractivity (Wildman–Crippen MR) is 54.0 cm³/mol. The number of aryl methyl sites for hydroxylation is 1. The lowest BCUT2D eigenvalue weighted by Crippen LogP contribution is -2.18. The van der Waals surface area contributed by atoms with Crippen molar-refractivity contribution in [3.63, 3.8) is 0 Å². The molecule has 0 saturated heterocycles. The van der Waals surface area contributed by atoms with Crippen LogP contribution in [0.5, 0.6) is 0 Å². The Morgan fingerprint density at radius 3 is 2.86 bits per heavy atom. The number of rotatable bonds is 3. The van der Waals surface area contributed by atoms with Crippen LogP contribution in [-0.2, 0) is 7.05 Å². The molecule has 14 heavy (non-hydrogen) atoms. The van der Waals surface area contributed by atoms with Gasteiger partial charge in [-0.05, 0) is 13.1 Å². The average Bonchev–Trinajstić information content (AvgIpc) is 2.79. The minimum absolute atomic E-state index is 0.0370. The Bertz CT molecular complexity index is 394. The summed E-state index contributed by atoms with van der Waals surface area (Å²) in [4.78, 5) is 0. The highest BCUT2D eigenvalue weighted by Gasteiger charge is 2.16. The minimum Gasteiger partial charge on any atom is -0.307 e. The van der Waals surface area contributed by atoms with Gasteiger partial charge in [0, 0.05) is 13.2 Å². The molecule has 0 bridgehead atoms. The van der Waals surface area contributed by atoms with Crippen LogP contribution in [0.2, 0.25) is 0 Å². The molecule has 0 aliphatic heterocycles. The van der Waals surface area contributed by atoms with Gasteiger partial charge in [0.1, 0.15) is 0 Å². The molecule has 0 amide bonds. The summed E-state index contributed by atoms with van der Waals surface area (Å²) in [5.41, 5.74) is 1.87. The van der Waals surface area contributed by atoms with Crippen molar-refractivity contribution in [1.29, 1.82) is 0 Å². The van der Waals surface area contributed by atoms with E-state index in [0.717, 1.165) is 11.4 Å². The van der Waals surface area contributed by atoms with E-state index in [1.54, 1.807) is 10.9 Å². The van der Waals surface area contributed by atoms with E-state index in [1.807, 2.05) is 26.4 Å². The van der Waals surface area contributed by atoms with Crippen LogP contribution in [0.25, 0.3) is 0 Å². The third-order valence-corrected chi connectivity index (χ3v) is 2.48. The zero-order chi connectivity index (χ0) is 9.97. The Kier molecular flexibility index (Phi) is 2.55. The molecule has 1 unspecified atom stereocenters. The third kappa shape index (κ3) is 1.66. The highest BCUT2D eigenvalue weighted by Crippen LogP contribution is 2.17. The molecule has 0 aliphatic carbocycles. The summed E-state index contributed by atoms with van der Waals surface area (Å²) < 4.78 is 9.95. The zero-order valence-corrected chi connectivity index (χ0v) is 8.82. The number of nitrogens with zero attached hydrogens (tertiary/aromatic N) is 4. The van der Waals surface area contributed by atoms with Gasteiger partial charge in [-0.25, -0.2) is 0 Å². The Morgan fingerprint density at radius 2 is 2.36 bits per heavy atom. The molecule has 74 valence electrons. The van der Waals surface area contributed by atoms with Crippen molar-refractivity contribution in [2.24, 2.45) is 7.05 Å². The van der Waals surface area contributed by atoms with Gasteiger partial charge >= 0.3 is 0 Å². The van der Waals surface area contributed by atoms with Gasteiger partial charge in [0.25, 0.3) is 0 Å². The van der Waals surface area contributed by atoms with Gasteiger partial charge in [-0.15, -0.1) is 0 Å². The normalized spacial score (nSPS) is 13.0. The lowest BCUT2D eigenvalue weighted by Gasteiger charge is -2.09. The maximum absolute atomic E-state index is 4.33. The summed E-state index contributed by atoms with van der Waals surface area (Å²) in [6, 6.07) is 2.01. The SMILES string of the molecule is CNC(c1cnsn1)c1ccn(C)n1. The van der Waals surface area contributed by atoms with E-state index in [-0.39, 0.29) is 6.04 Å². The van der Waals surface area contributed by atoms with Crippen LogP contribution in [0.4, 0.5) is 0 Å². The predicted octanol–water partition coefficient (Wildman–Crippen LogP) is 0.580. The van der Waals surface area contributed by atoms with Crippen molar-refractivity contribution in [2.75, 3.05) is 7.05 Å². The topological polar surface area (TPSA) is 55.6 Å². The summed E-state index contributed by atoms with van der Waals surface area (Å²) in [5, 5.41) is 7.49. The lowest BCUT2D eigenvalue weighted by molar-refractivity contribution is 0.632. The van der Waals surface area contributed by atoms with Crippen LogP contribution in [0.1, 0.15) is 17.4 Å². The zero-order valence-electron chi connectivity index (χ0n) is 8.01. The second-order valence-electron chi connectivity index (χ2n) is 2.97. The molecule has 0 radical (unpaired) electrons. The van der Waals surface area contributed by atoms with E-state index >= 15 is 0 Å². The van der Waals surface area contributed by atoms with Gasteiger partial charge in [0.15, 0.2) is 0 Å². The molecule has 1 N–H and O–H groups in total. The minimum atomic E-state index is 0.0370. The molecule has 0 fully saturated rings. The summed E-state index contributed by atoms with van der Waals surface area (Å²) in [6.45, 7) is 0. The first-order valence-electron chi connectivity index (χ1n) is 4.25. The quantitative estimate of drug-likeness (QED) is 0.803. The first-order valence-corrected chi connectivity index (χ1v) is 4.98. The number of hydrogen-bond donors (Lipinski definition) is 1. The van der Waals surface area contributed by atoms with E-state index in [1.165, 1.54) is 11.7 Å². The second-order valence-corrected chi connectivity index (χ2v) is 3.52. The average molecular weight is 209 g/mol. The highest BCUT2D eigenvalue weighted by atomic mass is 32.1. The van der Waals surface area contributed by atoms with Crippen molar-refractivity contribution in [1.82, 2.24) is 23.8 Å². The molecule has 6 heteroatoms. The molecule has 2 aromatic rings. The van der Waals surface area contributed by atoms with Crippen molar-refractivity contribution >= 4 is 11.7 Å². The first-order chi connectivity index (χ1) is 6.81. The maximum atomic E-state index is 4.33. The fourth-order valence-corrected chi connectivity index (χ4v) is 1.78. The fraction of sp³-hybridized carbons (Fsp3) is 0.375. The molecular weight excluding hydrogens is 198 g/mol. The standard InChI is InChI=1S/C8H11N5S/c1-9-8(7-5-10-14-12-7)6-3-4-13(2)11-6/h3-5,8-9H,1-2H3. The molecule has 0 spiro atoms.